The molecule has 4 rings (SSSR count). The van der Waals surface area contributed by atoms with E-state index in [0.29, 0.717) is 18.8 Å². The zero-order chi connectivity index (χ0) is 26.6. The van der Waals surface area contributed by atoms with Gasteiger partial charge in [-0.3, -0.25) is 4.79 Å². The van der Waals surface area contributed by atoms with E-state index in [2.05, 4.69) is 36.2 Å². The van der Waals surface area contributed by atoms with Crippen LogP contribution in [0, 0.1) is 5.92 Å². The number of sulfone groups is 1. The molecule has 1 saturated heterocycles. The third-order valence-electron chi connectivity index (χ3n) is 5.84. The number of benzene rings is 2. The summed E-state index contributed by atoms with van der Waals surface area (Å²) in [6.45, 7) is 1.16. The molecule has 0 spiro atoms. The van der Waals surface area contributed by atoms with Gasteiger partial charge in [0.2, 0.25) is 5.91 Å². The van der Waals surface area contributed by atoms with E-state index in [0.717, 1.165) is 33.6 Å². The molecule has 0 bridgehead atoms. The fourth-order valence-electron chi connectivity index (χ4n) is 3.97. The minimum atomic E-state index is -3.71. The molecule has 1 unspecified atom stereocenters. The number of hydrogen-bond acceptors (Lipinski definition) is 9. The van der Waals surface area contributed by atoms with E-state index < -0.39 is 15.8 Å². The number of esters is 1. The number of carbonyl (C=O) groups is 2. The van der Waals surface area contributed by atoms with E-state index in [1.165, 1.54) is 37.1 Å². The Morgan fingerprint density at radius 1 is 1.11 bits per heavy atom. The zero-order valence-corrected chi connectivity index (χ0v) is 23.4. The highest BCUT2D eigenvalue weighted by Crippen LogP contribution is 2.29. The Morgan fingerprint density at radius 3 is 2.51 bits per heavy atom. The molecule has 3 aromatic rings. The Morgan fingerprint density at radius 2 is 1.86 bits per heavy atom. The monoisotopic (exact) mass is 604 g/mol. The summed E-state index contributed by atoms with van der Waals surface area (Å²) in [7, 11) is -2.50. The van der Waals surface area contributed by atoms with Crippen molar-refractivity contribution in [1.82, 2.24) is 10.2 Å². The molecule has 2 aromatic carbocycles. The number of carbonyl (C=O) groups excluding carboxylic acids is 2. The van der Waals surface area contributed by atoms with Crippen molar-refractivity contribution in [3.05, 3.63) is 64.6 Å². The normalized spacial score (nSPS) is 15.8. The SMILES string of the molecule is COC(=O)c1ccc(NC(=O)C2CCCN(c3ccc(Sc4ccc(Br)cc4)nn3)C2)c(S(C)(=O)=O)c1. The summed E-state index contributed by atoms with van der Waals surface area (Å²) in [6.07, 6.45) is 2.45. The third kappa shape index (κ3) is 6.88. The molecule has 0 saturated carbocycles. The summed E-state index contributed by atoms with van der Waals surface area (Å²) in [4.78, 5) is 27.9. The van der Waals surface area contributed by atoms with Crippen LogP contribution in [-0.4, -0.2) is 56.9 Å². The summed E-state index contributed by atoms with van der Waals surface area (Å²) in [5.74, 6) is -0.652. The van der Waals surface area contributed by atoms with Crippen LogP contribution in [0.5, 0.6) is 0 Å². The largest absolute Gasteiger partial charge is 0.465 e. The number of aromatic nitrogens is 2. The van der Waals surface area contributed by atoms with Crippen LogP contribution in [0.15, 0.2) is 73.9 Å². The molecule has 9 nitrogen and oxygen atoms in total. The minimum Gasteiger partial charge on any atom is -0.465 e. The van der Waals surface area contributed by atoms with Crippen molar-refractivity contribution >= 4 is 60.9 Å². The number of nitrogens with one attached hydrogen (secondary N) is 1. The van der Waals surface area contributed by atoms with Crippen LogP contribution >= 0.6 is 27.7 Å². The van der Waals surface area contributed by atoms with Crippen LogP contribution in [0.1, 0.15) is 23.2 Å². The number of methoxy groups -OCH3 is 1. The Balaban J connectivity index is 1.44. The maximum absolute atomic E-state index is 13.1. The van der Waals surface area contributed by atoms with Gasteiger partial charge in [-0.1, -0.05) is 27.7 Å². The second kappa shape index (κ2) is 11.6. The highest BCUT2D eigenvalue weighted by Gasteiger charge is 2.28. The average Bonchev–Trinajstić information content (AvgIpc) is 2.89. The summed E-state index contributed by atoms with van der Waals surface area (Å²) in [5.41, 5.74) is 0.219. The van der Waals surface area contributed by atoms with Gasteiger partial charge >= 0.3 is 5.97 Å². The van der Waals surface area contributed by atoms with Crippen LogP contribution in [0.25, 0.3) is 0 Å². The first kappa shape index (κ1) is 27.1. The molecule has 1 aliphatic heterocycles. The predicted octanol–water partition coefficient (Wildman–Crippen LogP) is 4.44. The molecule has 1 amide bonds. The Bertz CT molecular complexity index is 1400. The zero-order valence-electron chi connectivity index (χ0n) is 20.2. The van der Waals surface area contributed by atoms with E-state index in [1.54, 1.807) is 0 Å². The van der Waals surface area contributed by atoms with Crippen molar-refractivity contribution in [2.45, 2.75) is 27.7 Å². The molecule has 0 aliphatic carbocycles. The van der Waals surface area contributed by atoms with Gasteiger partial charge in [0.15, 0.2) is 15.7 Å². The van der Waals surface area contributed by atoms with Gasteiger partial charge < -0.3 is 15.0 Å². The van der Waals surface area contributed by atoms with Gasteiger partial charge in [-0.05, 0) is 67.4 Å². The highest BCUT2D eigenvalue weighted by atomic mass is 79.9. The molecule has 2 heterocycles. The Kier molecular flexibility index (Phi) is 8.50. The van der Waals surface area contributed by atoms with Crippen molar-refractivity contribution in [3.63, 3.8) is 0 Å². The van der Waals surface area contributed by atoms with Crippen LogP contribution in [-0.2, 0) is 19.4 Å². The van der Waals surface area contributed by atoms with E-state index in [1.807, 2.05) is 41.3 Å². The fourth-order valence-corrected chi connectivity index (χ4v) is 5.83. The second-order valence-corrected chi connectivity index (χ2v) is 12.5. The van der Waals surface area contributed by atoms with Crippen LogP contribution in [0.3, 0.4) is 0 Å². The third-order valence-corrected chi connectivity index (χ3v) is 8.44. The fraction of sp³-hybridized carbons (Fsp3) is 0.280. The number of halogens is 1. The number of rotatable bonds is 7. The topological polar surface area (TPSA) is 119 Å². The van der Waals surface area contributed by atoms with Crippen molar-refractivity contribution in [2.75, 3.05) is 36.7 Å². The molecule has 194 valence electrons. The lowest BCUT2D eigenvalue weighted by Gasteiger charge is -2.32. The van der Waals surface area contributed by atoms with Gasteiger partial charge in [0.25, 0.3) is 0 Å². The van der Waals surface area contributed by atoms with E-state index in [4.69, 9.17) is 0 Å². The molecule has 1 fully saturated rings. The van der Waals surface area contributed by atoms with Crippen LogP contribution in [0.2, 0.25) is 0 Å². The molecule has 1 N–H and O–H groups in total. The van der Waals surface area contributed by atoms with Gasteiger partial charge in [-0.25, -0.2) is 13.2 Å². The summed E-state index contributed by atoms with van der Waals surface area (Å²) in [6, 6.07) is 15.8. The quantitative estimate of drug-likeness (QED) is 0.390. The van der Waals surface area contributed by atoms with Crippen molar-refractivity contribution in [3.8, 4) is 0 Å². The first-order valence-electron chi connectivity index (χ1n) is 11.4. The Labute approximate surface area is 228 Å². The molecular weight excluding hydrogens is 580 g/mol. The minimum absolute atomic E-state index is 0.0880. The molecule has 37 heavy (non-hydrogen) atoms. The molecule has 1 atom stereocenters. The summed E-state index contributed by atoms with van der Waals surface area (Å²) >= 11 is 4.94. The molecule has 0 radical (unpaired) electrons. The van der Waals surface area contributed by atoms with Gasteiger partial charge in [-0.15, -0.1) is 10.2 Å². The molecule has 12 heteroatoms. The van der Waals surface area contributed by atoms with Gasteiger partial charge in [-0.2, -0.15) is 0 Å². The standard InChI is InChI=1S/C25H25BrN4O5S2/c1-35-25(32)16-5-10-20(21(14-16)37(2,33)34)27-24(31)17-4-3-13-30(15-17)22-11-12-23(29-28-22)36-19-8-6-18(26)7-9-19/h5-12,14,17H,3-4,13,15H2,1-2H3,(H,27,31). The van der Waals surface area contributed by atoms with Gasteiger partial charge in [0.05, 0.1) is 29.2 Å². The van der Waals surface area contributed by atoms with Crippen molar-refractivity contribution < 1.29 is 22.7 Å². The maximum atomic E-state index is 13.1. The first-order valence-corrected chi connectivity index (χ1v) is 14.9. The first-order chi connectivity index (χ1) is 17.6. The molecule has 1 aliphatic rings. The maximum Gasteiger partial charge on any atom is 0.337 e. The lowest BCUT2D eigenvalue weighted by atomic mass is 9.97. The number of hydrogen-bond donors (Lipinski definition) is 1. The Hall–Kier alpha value is -2.96. The van der Waals surface area contributed by atoms with Gasteiger partial charge in [0, 0.05) is 28.7 Å². The number of anilines is 2. The molecule has 1 aromatic heterocycles. The van der Waals surface area contributed by atoms with Crippen LogP contribution in [0.4, 0.5) is 11.5 Å². The second-order valence-electron chi connectivity index (χ2n) is 8.53. The van der Waals surface area contributed by atoms with Crippen molar-refractivity contribution in [2.24, 2.45) is 5.92 Å². The lowest BCUT2D eigenvalue weighted by Crippen LogP contribution is -2.41. The smallest absolute Gasteiger partial charge is 0.337 e. The molecular formula is C25H25BrN4O5S2. The van der Waals surface area contributed by atoms with Gasteiger partial charge in [0.1, 0.15) is 5.03 Å². The average molecular weight is 606 g/mol. The number of piperidine rings is 1. The lowest BCUT2D eigenvalue weighted by molar-refractivity contribution is -0.120. The van der Waals surface area contributed by atoms with Crippen LogP contribution < -0.4 is 10.2 Å². The van der Waals surface area contributed by atoms with E-state index in [-0.39, 0.29) is 28.0 Å². The summed E-state index contributed by atoms with van der Waals surface area (Å²) < 4.78 is 30.4. The highest BCUT2D eigenvalue weighted by molar-refractivity contribution is 9.10. The number of ether oxygens (including phenoxy) is 1. The van der Waals surface area contributed by atoms with E-state index >= 15 is 0 Å². The predicted molar refractivity (Wildman–Crippen MR) is 145 cm³/mol. The number of nitrogens with zero attached hydrogens (tertiary/aromatic N) is 3. The summed E-state index contributed by atoms with van der Waals surface area (Å²) in [5, 5.41) is 12.2. The van der Waals surface area contributed by atoms with Crippen molar-refractivity contribution in [1.29, 1.82) is 0 Å². The number of amides is 1. The van der Waals surface area contributed by atoms with E-state index in [9.17, 15) is 18.0 Å².